The lowest BCUT2D eigenvalue weighted by Gasteiger charge is -2.42. The van der Waals surface area contributed by atoms with Gasteiger partial charge in [-0.3, -0.25) is 14.5 Å². The first-order chi connectivity index (χ1) is 21.2. The monoisotopic (exact) mass is 627 g/mol. The van der Waals surface area contributed by atoms with Gasteiger partial charge < -0.3 is 9.38 Å². The fraction of sp³-hybridized carbons (Fsp3) is 0.757. The quantitative estimate of drug-likeness (QED) is 0.0730. The van der Waals surface area contributed by atoms with Crippen molar-refractivity contribution >= 4 is 37.2 Å². The number of nitrogens with zero attached hydrogens (tertiary/aromatic N) is 4. The van der Waals surface area contributed by atoms with Crippen molar-refractivity contribution in [2.75, 3.05) is 45.2 Å². The van der Waals surface area contributed by atoms with Crippen LogP contribution in [0.25, 0.3) is 0 Å². The number of fused-ring (bicyclic) bond motifs is 2. The van der Waals surface area contributed by atoms with E-state index in [0.717, 1.165) is 54.8 Å². The van der Waals surface area contributed by atoms with Gasteiger partial charge in [-0.05, 0) is 56.4 Å². The molecule has 0 N–H and O–H groups in total. The summed E-state index contributed by atoms with van der Waals surface area (Å²) in [6.07, 6.45) is 22.3. The number of quaternary nitrogens is 1. The van der Waals surface area contributed by atoms with Gasteiger partial charge in [-0.25, -0.2) is 4.99 Å². The Hall–Kier alpha value is -1.78. The van der Waals surface area contributed by atoms with E-state index in [1.807, 2.05) is 0 Å². The van der Waals surface area contributed by atoms with E-state index >= 15 is 0 Å². The van der Waals surface area contributed by atoms with Crippen molar-refractivity contribution in [2.45, 2.75) is 143 Å². The molecule has 0 radical (unpaired) electrons. The number of aliphatic imine (C=N–C) groups is 1. The molecule has 2 unspecified atom stereocenters. The Bertz CT molecular complexity index is 1090. The maximum absolute atomic E-state index is 13.7. The van der Waals surface area contributed by atoms with Crippen molar-refractivity contribution < 1.29 is 14.1 Å². The predicted molar refractivity (Wildman–Crippen MR) is 191 cm³/mol. The Kier molecular flexibility index (Phi) is 15.9. The van der Waals surface area contributed by atoms with Crippen LogP contribution in [0.3, 0.4) is 0 Å². The fourth-order valence-corrected chi connectivity index (χ4v) is 7.96. The minimum atomic E-state index is -0.222. The third kappa shape index (κ3) is 11.2. The smallest absolute Gasteiger partial charge is 0.277 e. The van der Waals surface area contributed by atoms with E-state index in [1.54, 1.807) is 0 Å². The van der Waals surface area contributed by atoms with Gasteiger partial charge in [-0.1, -0.05) is 97.3 Å². The zero-order valence-corrected chi connectivity index (χ0v) is 30.2. The molecule has 0 aromatic heterocycles. The molecule has 3 rings (SSSR count). The van der Waals surface area contributed by atoms with Crippen LogP contribution < -0.4 is 4.90 Å². The molecule has 0 aliphatic carbocycles. The maximum Gasteiger partial charge on any atom is 0.277 e. The van der Waals surface area contributed by atoms with E-state index in [0.29, 0.717) is 12.3 Å². The van der Waals surface area contributed by atoms with Gasteiger partial charge in [0.2, 0.25) is 5.65 Å². The van der Waals surface area contributed by atoms with E-state index < -0.39 is 0 Å². The maximum atomic E-state index is 13.7. The zero-order valence-electron chi connectivity index (χ0n) is 29.2. The van der Waals surface area contributed by atoms with Gasteiger partial charge in [0.05, 0.1) is 38.6 Å². The number of carbonyl (C=O) groups is 2. The van der Waals surface area contributed by atoms with Gasteiger partial charge in [0.25, 0.3) is 5.91 Å². The summed E-state index contributed by atoms with van der Waals surface area (Å²) in [7, 11) is 4.60. The molecule has 6 nitrogen and oxygen atoms in total. The largest absolute Gasteiger partial charge is 0.357 e. The molecule has 0 saturated carbocycles. The first-order valence-electron chi connectivity index (χ1n) is 18.1. The van der Waals surface area contributed by atoms with Crippen LogP contribution in [0, 0.1) is 13.8 Å². The minimum absolute atomic E-state index is 0.0216. The van der Waals surface area contributed by atoms with Crippen LogP contribution in [0.15, 0.2) is 17.1 Å². The molecule has 1 fully saturated rings. The molecule has 44 heavy (non-hydrogen) atoms. The Morgan fingerprint density at radius 3 is 1.82 bits per heavy atom. The lowest BCUT2D eigenvalue weighted by molar-refractivity contribution is -0.890. The molecule has 2 atom stereocenters. The number of amides is 2. The number of benzene rings is 1. The van der Waals surface area contributed by atoms with Crippen LogP contribution in [0.5, 0.6) is 0 Å². The molecule has 248 valence electrons. The Balaban J connectivity index is 1.38. The highest BCUT2D eigenvalue weighted by Crippen LogP contribution is 2.44. The number of imide groups is 1. The third-order valence-electron chi connectivity index (χ3n) is 9.70. The van der Waals surface area contributed by atoms with Crippen LogP contribution in [0.2, 0.25) is 0 Å². The lowest BCUT2D eigenvalue weighted by Crippen LogP contribution is -2.55. The molecule has 7 heteroatoms. The normalized spacial score (nSPS) is 17.3. The highest BCUT2D eigenvalue weighted by atomic mass is 31.1. The van der Waals surface area contributed by atoms with Crippen molar-refractivity contribution in [1.29, 1.82) is 0 Å². The van der Waals surface area contributed by atoms with E-state index in [9.17, 15) is 9.59 Å². The van der Waals surface area contributed by atoms with Crippen LogP contribution in [-0.4, -0.2) is 72.7 Å². The number of hydrogen-bond acceptors (Lipinski definition) is 4. The highest BCUT2D eigenvalue weighted by Gasteiger charge is 2.43. The average Bonchev–Trinajstić information content (AvgIpc) is 2.98. The third-order valence-corrected chi connectivity index (χ3v) is 11.1. The predicted octanol–water partition coefficient (Wildman–Crippen LogP) is 9.91. The summed E-state index contributed by atoms with van der Waals surface area (Å²) in [5.74, 6) is -0.402. The number of anilines is 1. The highest BCUT2D eigenvalue weighted by molar-refractivity contribution is 7.60. The Labute approximate surface area is 271 Å². The first-order valence-corrected chi connectivity index (χ1v) is 19.2. The molecule has 2 heterocycles. The number of carbonyl (C=O) groups excluding carboxylic acids is 2. The summed E-state index contributed by atoms with van der Waals surface area (Å²) >= 11 is 0. The molecular formula is C37H64N4O2P+. The van der Waals surface area contributed by atoms with E-state index in [-0.39, 0.29) is 25.9 Å². The van der Waals surface area contributed by atoms with Gasteiger partial charge in [0, 0.05) is 28.1 Å². The summed E-state index contributed by atoms with van der Waals surface area (Å²) in [4.78, 5) is 35.7. The second-order valence-electron chi connectivity index (χ2n) is 14.1. The lowest BCUT2D eigenvalue weighted by atomic mass is 10.0. The van der Waals surface area contributed by atoms with Crippen molar-refractivity contribution in [3.63, 3.8) is 0 Å². The molecule has 2 amide bonds. The first kappa shape index (κ1) is 36.7. The Morgan fingerprint density at radius 1 is 0.705 bits per heavy atom. The molecule has 1 saturated heterocycles. The van der Waals surface area contributed by atoms with Crippen LogP contribution in [0.1, 0.15) is 134 Å². The second kappa shape index (κ2) is 19.0. The van der Waals surface area contributed by atoms with Crippen molar-refractivity contribution in [2.24, 2.45) is 4.99 Å². The number of aryl methyl sites for hydroxylation is 2. The van der Waals surface area contributed by atoms with E-state index in [2.05, 4.69) is 58.8 Å². The summed E-state index contributed by atoms with van der Waals surface area (Å²) in [5.41, 5.74) is 4.88. The summed E-state index contributed by atoms with van der Waals surface area (Å²) in [6, 6.07) is 4.28. The topological polar surface area (TPSA) is 53.0 Å². The summed E-state index contributed by atoms with van der Waals surface area (Å²) in [5, 5.41) is 0. The van der Waals surface area contributed by atoms with Gasteiger partial charge >= 0.3 is 0 Å². The van der Waals surface area contributed by atoms with E-state index in [4.69, 9.17) is 4.99 Å². The zero-order chi connectivity index (χ0) is 32.0. The van der Waals surface area contributed by atoms with Crippen molar-refractivity contribution in [1.82, 2.24) is 4.90 Å². The SMILES string of the molecule is CCCCCCCCCCCCCCCC[N+](C)(C)CCCN1C(=O)PC2C(=Nc3cc(C)c(C)cc3N2CCCC)C1=O. The average molecular weight is 628 g/mol. The molecule has 0 spiro atoms. The molecular weight excluding hydrogens is 563 g/mol. The van der Waals surface area contributed by atoms with E-state index in [1.165, 1.54) is 106 Å². The Morgan fingerprint density at radius 2 is 1.23 bits per heavy atom. The van der Waals surface area contributed by atoms with Crippen molar-refractivity contribution in [3.05, 3.63) is 23.3 Å². The standard InChI is InChI=1S/C37H64N4O2P/c1-7-9-11-12-13-14-15-16-17-18-19-20-21-22-26-41(5,6)27-23-25-40-35(42)34-36(44-37(40)43)39(24-10-8-2)33-29-31(4)30(3)28-32(33)38-34/h28-29,36,44H,7-27H2,1-6H3/q+1. The van der Waals surface area contributed by atoms with Crippen LogP contribution >= 0.6 is 8.58 Å². The minimum Gasteiger partial charge on any atom is -0.357 e. The second-order valence-corrected chi connectivity index (χ2v) is 15.4. The summed E-state index contributed by atoms with van der Waals surface area (Å²) < 4.78 is 0.942. The molecule has 0 bridgehead atoms. The van der Waals surface area contributed by atoms with Crippen molar-refractivity contribution in [3.8, 4) is 0 Å². The molecule has 1 aromatic carbocycles. The molecule has 2 aliphatic rings. The van der Waals surface area contributed by atoms with Crippen LogP contribution in [0.4, 0.5) is 16.2 Å². The molecule has 2 aliphatic heterocycles. The fourth-order valence-electron chi connectivity index (χ4n) is 6.60. The van der Waals surface area contributed by atoms with Gasteiger partial charge in [-0.15, -0.1) is 0 Å². The van der Waals surface area contributed by atoms with Gasteiger partial charge in [0.15, 0.2) is 0 Å². The number of unbranched alkanes of at least 4 members (excludes halogenated alkanes) is 14. The van der Waals surface area contributed by atoms with Gasteiger partial charge in [0.1, 0.15) is 11.5 Å². The number of hydrogen-bond donors (Lipinski definition) is 0. The summed E-state index contributed by atoms with van der Waals surface area (Å²) in [6.45, 7) is 12.1. The number of rotatable bonds is 22. The van der Waals surface area contributed by atoms with Crippen LogP contribution in [-0.2, 0) is 4.79 Å². The van der Waals surface area contributed by atoms with Gasteiger partial charge in [-0.2, -0.15) is 0 Å². The molecule has 1 aromatic rings.